The number of aryl methyl sites for hydroxylation is 2. The van der Waals surface area contributed by atoms with Crippen LogP contribution in [0.5, 0.6) is 0 Å². The smallest absolute Gasteiger partial charge is 0.229 e. The second-order valence-corrected chi connectivity index (χ2v) is 6.14. The van der Waals surface area contributed by atoms with Crippen LogP contribution in [-0.2, 0) is 9.59 Å². The molecule has 4 nitrogen and oxygen atoms in total. The van der Waals surface area contributed by atoms with E-state index in [-0.39, 0.29) is 23.9 Å². The normalized spacial score (nSPS) is 17.2. The summed E-state index contributed by atoms with van der Waals surface area (Å²) in [6.07, 6.45) is 0.132. The molecule has 0 bridgehead atoms. The Kier molecular flexibility index (Phi) is 4.34. The maximum Gasteiger partial charge on any atom is 0.229 e. The van der Waals surface area contributed by atoms with Crippen LogP contribution in [0.2, 0.25) is 0 Å². The third-order valence-electron chi connectivity index (χ3n) is 4.43. The molecule has 2 amide bonds. The molecule has 2 aromatic rings. The zero-order chi connectivity index (χ0) is 17.3. The largest absolute Gasteiger partial charge is 0.323 e. The zero-order valence-corrected chi connectivity index (χ0v) is 13.7. The minimum absolute atomic E-state index is 0.0908. The fourth-order valence-electron chi connectivity index (χ4n) is 2.82. The molecule has 1 N–H and O–H groups in total. The second kappa shape index (κ2) is 6.43. The minimum atomic E-state index is -0.487. The van der Waals surface area contributed by atoms with E-state index in [1.807, 2.05) is 32.0 Å². The van der Waals surface area contributed by atoms with Gasteiger partial charge in [-0.2, -0.15) is 0 Å². The molecule has 1 aliphatic heterocycles. The maximum atomic E-state index is 13.6. The van der Waals surface area contributed by atoms with Crippen LogP contribution in [0.15, 0.2) is 42.5 Å². The average molecular weight is 326 g/mol. The van der Waals surface area contributed by atoms with Gasteiger partial charge in [0.2, 0.25) is 11.8 Å². The molecule has 0 saturated carbocycles. The highest BCUT2D eigenvalue weighted by molar-refractivity contribution is 6.03. The number of amides is 2. The lowest BCUT2D eigenvalue weighted by Crippen LogP contribution is -2.28. The van der Waals surface area contributed by atoms with Crippen LogP contribution in [0.1, 0.15) is 17.5 Å². The van der Waals surface area contributed by atoms with E-state index in [1.165, 1.54) is 12.1 Å². The molecule has 2 aromatic carbocycles. The van der Waals surface area contributed by atoms with Gasteiger partial charge in [-0.05, 0) is 49.2 Å². The van der Waals surface area contributed by atoms with Gasteiger partial charge in [0, 0.05) is 18.7 Å². The Balaban J connectivity index is 1.73. The number of benzene rings is 2. The molecule has 0 unspecified atom stereocenters. The van der Waals surface area contributed by atoms with Gasteiger partial charge in [0.25, 0.3) is 0 Å². The van der Waals surface area contributed by atoms with Gasteiger partial charge >= 0.3 is 0 Å². The Morgan fingerprint density at radius 2 is 1.92 bits per heavy atom. The van der Waals surface area contributed by atoms with Gasteiger partial charge in [0.1, 0.15) is 5.82 Å². The SMILES string of the molecule is Cc1ccc(N2C[C@H](C(=O)Nc3ccccc3F)CC2=O)cc1C. The monoisotopic (exact) mass is 326 g/mol. The lowest BCUT2D eigenvalue weighted by Gasteiger charge is -2.18. The van der Waals surface area contributed by atoms with E-state index < -0.39 is 11.7 Å². The summed E-state index contributed by atoms with van der Waals surface area (Å²) in [5.41, 5.74) is 3.18. The number of hydrogen-bond donors (Lipinski definition) is 1. The first kappa shape index (κ1) is 16.2. The molecular weight excluding hydrogens is 307 g/mol. The molecule has 0 aliphatic carbocycles. The lowest BCUT2D eigenvalue weighted by atomic mass is 10.1. The van der Waals surface area contributed by atoms with Crippen molar-refractivity contribution in [3.05, 3.63) is 59.4 Å². The first-order valence-corrected chi connectivity index (χ1v) is 7.88. The standard InChI is InChI=1S/C19H19FN2O2/c1-12-7-8-15(9-13(12)2)22-11-14(10-18(22)23)19(24)21-17-6-4-3-5-16(17)20/h3-9,14H,10-11H2,1-2H3,(H,21,24)/t14-/m1/s1. The van der Waals surface area contributed by atoms with E-state index in [2.05, 4.69) is 5.32 Å². The van der Waals surface area contributed by atoms with E-state index in [0.717, 1.165) is 16.8 Å². The molecule has 0 spiro atoms. The van der Waals surface area contributed by atoms with Gasteiger partial charge in [-0.1, -0.05) is 18.2 Å². The van der Waals surface area contributed by atoms with Gasteiger partial charge in [0.15, 0.2) is 0 Å². The Bertz CT molecular complexity index is 804. The van der Waals surface area contributed by atoms with Crippen molar-refractivity contribution in [2.75, 3.05) is 16.8 Å². The predicted molar refractivity (Wildman–Crippen MR) is 91.4 cm³/mol. The summed E-state index contributed by atoms with van der Waals surface area (Å²) in [6.45, 7) is 4.30. The molecule has 124 valence electrons. The highest BCUT2D eigenvalue weighted by Gasteiger charge is 2.35. The summed E-state index contributed by atoms with van der Waals surface area (Å²) in [6, 6.07) is 11.8. The van der Waals surface area contributed by atoms with Crippen LogP contribution < -0.4 is 10.2 Å². The Hall–Kier alpha value is -2.69. The number of hydrogen-bond acceptors (Lipinski definition) is 2. The second-order valence-electron chi connectivity index (χ2n) is 6.14. The summed E-state index contributed by atoms with van der Waals surface area (Å²) in [5.74, 6) is -1.40. The molecule has 1 atom stereocenters. The van der Waals surface area contributed by atoms with Crippen molar-refractivity contribution in [2.24, 2.45) is 5.92 Å². The maximum absolute atomic E-state index is 13.6. The number of rotatable bonds is 3. The highest BCUT2D eigenvalue weighted by atomic mass is 19.1. The number of carbonyl (C=O) groups excluding carboxylic acids is 2. The van der Waals surface area contributed by atoms with Crippen LogP contribution in [0.25, 0.3) is 0 Å². The molecular formula is C19H19FN2O2. The summed E-state index contributed by atoms with van der Waals surface area (Å²) in [5, 5.41) is 2.57. The topological polar surface area (TPSA) is 49.4 Å². The summed E-state index contributed by atoms with van der Waals surface area (Å²) in [7, 11) is 0. The minimum Gasteiger partial charge on any atom is -0.323 e. The van der Waals surface area contributed by atoms with Gasteiger partial charge in [0.05, 0.1) is 11.6 Å². The van der Waals surface area contributed by atoms with Gasteiger partial charge in [-0.3, -0.25) is 9.59 Å². The molecule has 0 radical (unpaired) electrons. The Morgan fingerprint density at radius 1 is 1.17 bits per heavy atom. The van der Waals surface area contributed by atoms with Crippen LogP contribution in [-0.4, -0.2) is 18.4 Å². The molecule has 1 heterocycles. The summed E-state index contributed by atoms with van der Waals surface area (Å²) in [4.78, 5) is 26.3. The third kappa shape index (κ3) is 3.15. The van der Waals surface area contributed by atoms with Crippen LogP contribution >= 0.6 is 0 Å². The Morgan fingerprint density at radius 3 is 2.62 bits per heavy atom. The molecule has 1 fully saturated rings. The predicted octanol–water partition coefficient (Wildman–Crippen LogP) is 3.43. The number of carbonyl (C=O) groups is 2. The van der Waals surface area contributed by atoms with Crippen molar-refractivity contribution < 1.29 is 14.0 Å². The van der Waals surface area contributed by atoms with E-state index in [1.54, 1.807) is 17.0 Å². The quantitative estimate of drug-likeness (QED) is 0.939. The van der Waals surface area contributed by atoms with E-state index in [0.29, 0.717) is 6.54 Å². The first-order valence-electron chi connectivity index (χ1n) is 7.88. The summed E-state index contributed by atoms with van der Waals surface area (Å²) >= 11 is 0. The molecule has 1 saturated heterocycles. The molecule has 5 heteroatoms. The average Bonchev–Trinajstić information content (AvgIpc) is 2.94. The van der Waals surface area contributed by atoms with E-state index >= 15 is 0 Å². The zero-order valence-electron chi connectivity index (χ0n) is 13.7. The van der Waals surface area contributed by atoms with Crippen molar-refractivity contribution in [1.29, 1.82) is 0 Å². The molecule has 1 aliphatic rings. The van der Waals surface area contributed by atoms with Gasteiger partial charge < -0.3 is 10.2 Å². The first-order chi connectivity index (χ1) is 11.5. The number of anilines is 2. The van der Waals surface area contributed by atoms with Crippen molar-refractivity contribution >= 4 is 23.2 Å². The fraction of sp³-hybridized carbons (Fsp3) is 0.263. The lowest BCUT2D eigenvalue weighted by molar-refractivity contribution is -0.122. The van der Waals surface area contributed by atoms with Crippen LogP contribution in [0.4, 0.5) is 15.8 Å². The summed E-state index contributed by atoms with van der Waals surface area (Å²) < 4.78 is 13.6. The molecule has 3 rings (SSSR count). The van der Waals surface area contributed by atoms with E-state index in [9.17, 15) is 14.0 Å². The van der Waals surface area contributed by atoms with Crippen LogP contribution in [0.3, 0.4) is 0 Å². The van der Waals surface area contributed by atoms with E-state index in [4.69, 9.17) is 0 Å². The number of nitrogens with zero attached hydrogens (tertiary/aromatic N) is 1. The van der Waals surface area contributed by atoms with Gasteiger partial charge in [-0.15, -0.1) is 0 Å². The molecule has 24 heavy (non-hydrogen) atoms. The number of halogens is 1. The fourth-order valence-corrected chi connectivity index (χ4v) is 2.82. The van der Waals surface area contributed by atoms with Crippen molar-refractivity contribution in [3.8, 4) is 0 Å². The van der Waals surface area contributed by atoms with Crippen molar-refractivity contribution in [2.45, 2.75) is 20.3 Å². The molecule has 0 aromatic heterocycles. The van der Waals surface area contributed by atoms with Crippen LogP contribution in [0, 0.1) is 25.6 Å². The number of para-hydroxylation sites is 1. The van der Waals surface area contributed by atoms with Gasteiger partial charge in [-0.25, -0.2) is 4.39 Å². The number of nitrogens with one attached hydrogen (secondary N) is 1. The van der Waals surface area contributed by atoms with Crippen molar-refractivity contribution in [1.82, 2.24) is 0 Å². The third-order valence-corrected chi connectivity index (χ3v) is 4.43. The Labute approximate surface area is 140 Å². The highest BCUT2D eigenvalue weighted by Crippen LogP contribution is 2.27. The van der Waals surface area contributed by atoms with Crippen molar-refractivity contribution in [3.63, 3.8) is 0 Å².